The van der Waals surface area contributed by atoms with E-state index < -0.39 is 22.4 Å². The minimum Gasteiger partial charge on any atom is -0.434 e. The molecule has 2 aromatic rings. The Morgan fingerprint density at radius 2 is 1.76 bits per heavy atom. The van der Waals surface area contributed by atoms with Gasteiger partial charge in [-0.25, -0.2) is 8.42 Å². The summed E-state index contributed by atoms with van der Waals surface area (Å²) in [5, 5.41) is 2.54. The quantitative estimate of drug-likeness (QED) is 0.814. The van der Waals surface area contributed by atoms with Crippen molar-refractivity contribution in [3.8, 4) is 5.75 Å². The molecule has 0 fully saturated rings. The number of alkyl halides is 2. The number of hydrogen-bond donors (Lipinski definition) is 1. The first-order valence-electron chi connectivity index (χ1n) is 7.48. The van der Waals surface area contributed by atoms with Crippen molar-refractivity contribution in [2.45, 2.75) is 25.0 Å². The number of carbonyl (C=O) groups is 1. The Morgan fingerprint density at radius 3 is 2.44 bits per heavy atom. The number of carbonyl (C=O) groups excluding carboxylic acids is 1. The van der Waals surface area contributed by atoms with Crippen molar-refractivity contribution in [3.63, 3.8) is 0 Å². The van der Waals surface area contributed by atoms with Gasteiger partial charge >= 0.3 is 6.61 Å². The molecule has 0 aliphatic carbocycles. The van der Waals surface area contributed by atoms with Crippen LogP contribution in [0.2, 0.25) is 0 Å². The fourth-order valence-corrected chi connectivity index (χ4v) is 3.31. The molecule has 2 aromatic carbocycles. The second-order valence-electron chi connectivity index (χ2n) is 5.07. The molecular formula is C17H17F2NO4S. The molecule has 25 heavy (non-hydrogen) atoms. The Bertz CT molecular complexity index is 853. The zero-order valence-corrected chi connectivity index (χ0v) is 14.2. The summed E-state index contributed by atoms with van der Waals surface area (Å²) in [4.78, 5) is 12.3. The third-order valence-electron chi connectivity index (χ3n) is 3.47. The molecule has 0 heterocycles. The normalized spacial score (nSPS) is 11.4. The molecule has 0 aliphatic rings. The summed E-state index contributed by atoms with van der Waals surface area (Å²) in [7, 11) is -3.57. The fourth-order valence-electron chi connectivity index (χ4n) is 2.21. The third kappa shape index (κ3) is 4.76. The Labute approximate surface area is 144 Å². The van der Waals surface area contributed by atoms with Gasteiger partial charge in [0.2, 0.25) is 0 Å². The molecule has 0 bridgehead atoms. The minimum absolute atomic E-state index is 0.0107. The highest BCUT2D eigenvalue weighted by Crippen LogP contribution is 2.21. The van der Waals surface area contributed by atoms with Crippen LogP contribution in [0.25, 0.3) is 0 Å². The molecule has 1 amide bonds. The Kier molecular flexibility index (Phi) is 6.08. The molecule has 0 spiro atoms. The van der Waals surface area contributed by atoms with Gasteiger partial charge in [0.25, 0.3) is 5.91 Å². The topological polar surface area (TPSA) is 72.5 Å². The lowest BCUT2D eigenvalue weighted by molar-refractivity contribution is -0.0504. The molecule has 1 N–H and O–H groups in total. The van der Waals surface area contributed by atoms with Gasteiger partial charge in [0.05, 0.1) is 16.2 Å². The van der Waals surface area contributed by atoms with E-state index in [0.29, 0.717) is 5.56 Å². The Balaban J connectivity index is 2.20. The van der Waals surface area contributed by atoms with Crippen LogP contribution in [-0.2, 0) is 16.4 Å². The number of nitrogens with one attached hydrogen (secondary N) is 1. The number of rotatable bonds is 7. The number of sulfone groups is 1. The Hall–Kier alpha value is -2.48. The van der Waals surface area contributed by atoms with Crippen LogP contribution in [-0.4, -0.2) is 26.7 Å². The number of ether oxygens (including phenoxy) is 1. The van der Waals surface area contributed by atoms with E-state index in [9.17, 15) is 22.0 Å². The van der Waals surface area contributed by atoms with Gasteiger partial charge in [0.15, 0.2) is 9.84 Å². The first-order valence-corrected chi connectivity index (χ1v) is 9.13. The van der Waals surface area contributed by atoms with Crippen LogP contribution in [0.15, 0.2) is 53.4 Å². The molecule has 0 unspecified atom stereocenters. The first kappa shape index (κ1) is 18.9. The highest BCUT2D eigenvalue weighted by Gasteiger charge is 2.20. The SMILES string of the molecule is CCS(=O)(=O)c1ccccc1C(=O)NCc1ccccc1OC(F)F. The lowest BCUT2D eigenvalue weighted by atomic mass is 10.1. The second-order valence-corrected chi connectivity index (χ2v) is 7.32. The predicted molar refractivity (Wildman–Crippen MR) is 88.4 cm³/mol. The standard InChI is InChI=1S/C17H17F2NO4S/c1-2-25(22,23)15-10-6-4-8-13(15)16(21)20-11-12-7-3-5-9-14(12)24-17(18)19/h3-10,17H,2,11H2,1H3,(H,20,21). The lowest BCUT2D eigenvalue weighted by Gasteiger charge is -2.13. The molecule has 0 radical (unpaired) electrons. The summed E-state index contributed by atoms with van der Waals surface area (Å²) < 4.78 is 53.4. The number of benzene rings is 2. The van der Waals surface area contributed by atoms with Gasteiger partial charge < -0.3 is 10.1 Å². The second kappa shape index (κ2) is 8.06. The van der Waals surface area contributed by atoms with E-state index in [2.05, 4.69) is 10.1 Å². The molecule has 0 saturated heterocycles. The van der Waals surface area contributed by atoms with E-state index in [0.717, 1.165) is 0 Å². The van der Waals surface area contributed by atoms with E-state index in [1.807, 2.05) is 0 Å². The van der Waals surface area contributed by atoms with Crippen molar-refractivity contribution in [1.82, 2.24) is 5.32 Å². The monoisotopic (exact) mass is 369 g/mol. The van der Waals surface area contributed by atoms with Crippen molar-refractivity contribution in [2.24, 2.45) is 0 Å². The van der Waals surface area contributed by atoms with Crippen molar-refractivity contribution < 1.29 is 26.7 Å². The number of para-hydroxylation sites is 1. The average Bonchev–Trinajstić information content (AvgIpc) is 2.60. The van der Waals surface area contributed by atoms with Gasteiger partial charge in [0, 0.05) is 12.1 Å². The minimum atomic E-state index is -3.57. The molecule has 2 rings (SSSR count). The van der Waals surface area contributed by atoms with Crippen LogP contribution in [0.3, 0.4) is 0 Å². The molecule has 5 nitrogen and oxygen atoms in total. The smallest absolute Gasteiger partial charge is 0.387 e. The summed E-state index contributed by atoms with van der Waals surface area (Å²) in [6.45, 7) is -1.57. The van der Waals surface area contributed by atoms with Gasteiger partial charge in [-0.2, -0.15) is 8.78 Å². The van der Waals surface area contributed by atoms with Crippen molar-refractivity contribution >= 4 is 15.7 Å². The predicted octanol–water partition coefficient (Wildman–Crippen LogP) is 3.01. The summed E-state index contributed by atoms with van der Waals surface area (Å²) in [5.74, 6) is -0.797. The maximum atomic E-state index is 12.4. The first-order chi connectivity index (χ1) is 11.8. The summed E-state index contributed by atoms with van der Waals surface area (Å²) in [5.41, 5.74) is 0.364. The van der Waals surface area contributed by atoms with Crippen molar-refractivity contribution in [2.75, 3.05) is 5.75 Å². The molecule has 134 valence electrons. The van der Waals surface area contributed by atoms with Crippen molar-refractivity contribution in [1.29, 1.82) is 0 Å². The van der Waals surface area contributed by atoms with Gasteiger partial charge in [-0.3, -0.25) is 4.79 Å². The van der Waals surface area contributed by atoms with E-state index >= 15 is 0 Å². The van der Waals surface area contributed by atoms with Gasteiger partial charge in [-0.05, 0) is 18.2 Å². The van der Waals surface area contributed by atoms with Crippen LogP contribution in [0.1, 0.15) is 22.8 Å². The van der Waals surface area contributed by atoms with Crippen LogP contribution in [0.5, 0.6) is 5.75 Å². The molecule has 0 aliphatic heterocycles. The fraction of sp³-hybridized carbons (Fsp3) is 0.235. The highest BCUT2D eigenvalue weighted by molar-refractivity contribution is 7.91. The average molecular weight is 369 g/mol. The van der Waals surface area contributed by atoms with Gasteiger partial charge in [-0.15, -0.1) is 0 Å². The summed E-state index contributed by atoms with van der Waals surface area (Å²) in [6, 6.07) is 11.9. The molecular weight excluding hydrogens is 352 g/mol. The molecule has 0 atom stereocenters. The summed E-state index contributed by atoms with van der Waals surface area (Å²) in [6.07, 6.45) is 0. The van der Waals surface area contributed by atoms with Crippen LogP contribution in [0, 0.1) is 0 Å². The Morgan fingerprint density at radius 1 is 1.12 bits per heavy atom. The maximum Gasteiger partial charge on any atom is 0.387 e. The zero-order valence-electron chi connectivity index (χ0n) is 13.4. The van der Waals surface area contributed by atoms with Crippen LogP contribution in [0.4, 0.5) is 8.78 Å². The zero-order chi connectivity index (χ0) is 18.4. The summed E-state index contributed by atoms with van der Waals surface area (Å²) >= 11 is 0. The van der Waals surface area contributed by atoms with E-state index in [1.54, 1.807) is 12.1 Å². The number of halogens is 2. The third-order valence-corrected chi connectivity index (χ3v) is 5.26. The van der Waals surface area contributed by atoms with Gasteiger partial charge in [0.1, 0.15) is 5.75 Å². The van der Waals surface area contributed by atoms with Crippen LogP contribution < -0.4 is 10.1 Å². The molecule has 0 aromatic heterocycles. The molecule has 0 saturated carbocycles. The van der Waals surface area contributed by atoms with E-state index in [4.69, 9.17) is 0 Å². The maximum absolute atomic E-state index is 12.4. The molecule has 8 heteroatoms. The van der Waals surface area contributed by atoms with Crippen molar-refractivity contribution in [3.05, 3.63) is 59.7 Å². The highest BCUT2D eigenvalue weighted by atomic mass is 32.2. The van der Waals surface area contributed by atoms with E-state index in [-0.39, 0.29) is 28.5 Å². The van der Waals surface area contributed by atoms with Gasteiger partial charge in [-0.1, -0.05) is 37.3 Å². The largest absolute Gasteiger partial charge is 0.434 e. The van der Waals surface area contributed by atoms with E-state index in [1.165, 1.54) is 43.3 Å². The van der Waals surface area contributed by atoms with Crippen LogP contribution >= 0.6 is 0 Å². The lowest BCUT2D eigenvalue weighted by Crippen LogP contribution is -2.25. The number of hydrogen-bond acceptors (Lipinski definition) is 4. The number of amides is 1.